The molecular weight excluding hydrogens is 232 g/mol. The molecule has 0 amide bonds. The maximum absolute atomic E-state index is 10.6. The van der Waals surface area contributed by atoms with Crippen LogP contribution in [0.1, 0.15) is 19.8 Å². The molecule has 1 aliphatic rings. The Morgan fingerprint density at radius 1 is 1.61 bits per heavy atom. The Kier molecular flexibility index (Phi) is 4.09. The minimum atomic E-state index is -0.470. The number of nitro groups is 1. The molecule has 1 aromatic rings. The smallest absolute Gasteiger partial charge is 0.363 e. The minimum absolute atomic E-state index is 0.100. The highest BCUT2D eigenvalue weighted by Gasteiger charge is 2.21. The topological polar surface area (TPSA) is 71.3 Å². The Morgan fingerprint density at radius 2 is 2.44 bits per heavy atom. The largest absolute Gasteiger partial charge is 0.365 e. The first-order valence-corrected chi connectivity index (χ1v) is 6.30. The average molecular weight is 250 g/mol. The summed E-state index contributed by atoms with van der Waals surface area (Å²) < 4.78 is 0. The molecule has 1 aromatic heterocycles. The molecule has 1 saturated heterocycles. The molecule has 0 bridgehead atoms. The summed E-state index contributed by atoms with van der Waals surface area (Å²) in [5, 5.41) is 14.0. The standard InChI is InChI=1S/C12H18N4O2/c1-2-15(10-4-3-7-13-8-10)11-5-6-12(14-9-11)16(17)18/h5-6,9-10,13H,2-4,7-8H2,1H3. The number of likely N-dealkylation sites (N-methyl/N-ethyl adjacent to an activating group) is 1. The van der Waals surface area contributed by atoms with Gasteiger partial charge in [-0.3, -0.25) is 0 Å². The van der Waals surface area contributed by atoms with E-state index in [0.717, 1.165) is 31.7 Å². The molecule has 1 fully saturated rings. The van der Waals surface area contributed by atoms with Crippen LogP contribution in [0.3, 0.4) is 0 Å². The summed E-state index contributed by atoms with van der Waals surface area (Å²) >= 11 is 0. The van der Waals surface area contributed by atoms with Gasteiger partial charge >= 0.3 is 5.82 Å². The van der Waals surface area contributed by atoms with Crippen LogP contribution in [0, 0.1) is 10.1 Å². The molecule has 1 unspecified atom stereocenters. The number of hydrogen-bond donors (Lipinski definition) is 1. The fraction of sp³-hybridized carbons (Fsp3) is 0.583. The van der Waals surface area contributed by atoms with Gasteiger partial charge in [-0.1, -0.05) is 0 Å². The molecule has 0 aliphatic carbocycles. The van der Waals surface area contributed by atoms with E-state index in [2.05, 4.69) is 22.1 Å². The van der Waals surface area contributed by atoms with Crippen molar-refractivity contribution in [3.63, 3.8) is 0 Å². The fourth-order valence-electron chi connectivity index (χ4n) is 2.41. The number of piperidine rings is 1. The maximum atomic E-state index is 10.6. The predicted molar refractivity (Wildman–Crippen MR) is 69.8 cm³/mol. The number of rotatable bonds is 4. The van der Waals surface area contributed by atoms with Crippen molar-refractivity contribution in [1.29, 1.82) is 0 Å². The summed E-state index contributed by atoms with van der Waals surface area (Å²) in [5.41, 5.74) is 0.955. The van der Waals surface area contributed by atoms with Gasteiger partial charge in [0.1, 0.15) is 0 Å². The van der Waals surface area contributed by atoms with Gasteiger partial charge in [0.05, 0.1) is 5.69 Å². The minimum Gasteiger partial charge on any atom is -0.365 e. The average Bonchev–Trinajstić information content (AvgIpc) is 2.41. The Bertz CT molecular complexity index is 401. The second kappa shape index (κ2) is 5.77. The highest BCUT2D eigenvalue weighted by molar-refractivity contribution is 5.47. The zero-order chi connectivity index (χ0) is 13.0. The Balaban J connectivity index is 2.13. The molecule has 0 saturated carbocycles. The predicted octanol–water partition coefficient (Wildman–Crippen LogP) is 1.57. The molecule has 6 heteroatoms. The van der Waals surface area contributed by atoms with Crippen LogP contribution in [0.4, 0.5) is 11.5 Å². The first kappa shape index (κ1) is 12.8. The lowest BCUT2D eigenvalue weighted by molar-refractivity contribution is -0.389. The highest BCUT2D eigenvalue weighted by atomic mass is 16.6. The number of nitrogens with zero attached hydrogens (tertiary/aromatic N) is 3. The van der Waals surface area contributed by atoms with Crippen LogP contribution in [-0.4, -0.2) is 35.6 Å². The zero-order valence-electron chi connectivity index (χ0n) is 10.5. The Labute approximate surface area is 106 Å². The molecule has 6 nitrogen and oxygen atoms in total. The molecule has 1 atom stereocenters. The second-order valence-electron chi connectivity index (χ2n) is 4.42. The lowest BCUT2D eigenvalue weighted by Gasteiger charge is -2.34. The summed E-state index contributed by atoms with van der Waals surface area (Å²) in [4.78, 5) is 16.2. The van der Waals surface area contributed by atoms with E-state index in [4.69, 9.17) is 0 Å². The van der Waals surface area contributed by atoms with E-state index in [1.54, 1.807) is 12.3 Å². The van der Waals surface area contributed by atoms with E-state index in [1.165, 1.54) is 12.5 Å². The van der Waals surface area contributed by atoms with Crippen LogP contribution in [0.2, 0.25) is 0 Å². The molecule has 18 heavy (non-hydrogen) atoms. The summed E-state index contributed by atoms with van der Waals surface area (Å²) in [6, 6.07) is 3.70. The van der Waals surface area contributed by atoms with Gasteiger partial charge in [0, 0.05) is 25.2 Å². The van der Waals surface area contributed by atoms with E-state index >= 15 is 0 Å². The molecule has 1 N–H and O–H groups in total. The fourth-order valence-corrected chi connectivity index (χ4v) is 2.41. The Hall–Kier alpha value is -1.69. The molecule has 0 spiro atoms. The van der Waals surface area contributed by atoms with Gasteiger partial charge < -0.3 is 20.3 Å². The molecule has 2 heterocycles. The summed E-state index contributed by atoms with van der Waals surface area (Å²) in [7, 11) is 0. The van der Waals surface area contributed by atoms with E-state index in [0.29, 0.717) is 6.04 Å². The molecule has 2 rings (SSSR count). The molecule has 98 valence electrons. The molecule has 0 aromatic carbocycles. The van der Waals surface area contributed by atoms with Crippen molar-refractivity contribution in [2.24, 2.45) is 0 Å². The van der Waals surface area contributed by atoms with Crippen LogP contribution in [-0.2, 0) is 0 Å². The van der Waals surface area contributed by atoms with Gasteiger partial charge in [0.15, 0.2) is 6.20 Å². The van der Waals surface area contributed by atoms with Crippen molar-refractivity contribution in [2.75, 3.05) is 24.5 Å². The molecular formula is C12H18N4O2. The second-order valence-corrected chi connectivity index (χ2v) is 4.42. The molecule has 0 radical (unpaired) electrons. The summed E-state index contributed by atoms with van der Waals surface area (Å²) in [6.45, 7) is 5.01. The number of pyridine rings is 1. The maximum Gasteiger partial charge on any atom is 0.363 e. The first-order chi connectivity index (χ1) is 8.72. The quantitative estimate of drug-likeness (QED) is 0.648. The third-order valence-corrected chi connectivity index (χ3v) is 3.30. The van der Waals surface area contributed by atoms with Crippen LogP contribution in [0.25, 0.3) is 0 Å². The Morgan fingerprint density at radius 3 is 2.94 bits per heavy atom. The van der Waals surface area contributed by atoms with Gasteiger partial charge in [-0.25, -0.2) is 0 Å². The van der Waals surface area contributed by atoms with Crippen LogP contribution < -0.4 is 10.2 Å². The van der Waals surface area contributed by atoms with Crippen molar-refractivity contribution in [2.45, 2.75) is 25.8 Å². The van der Waals surface area contributed by atoms with Crippen molar-refractivity contribution in [3.8, 4) is 0 Å². The van der Waals surface area contributed by atoms with Crippen LogP contribution in [0.5, 0.6) is 0 Å². The van der Waals surface area contributed by atoms with Gasteiger partial charge in [-0.15, -0.1) is 0 Å². The lowest BCUT2D eigenvalue weighted by Crippen LogP contribution is -2.46. The van der Waals surface area contributed by atoms with Gasteiger partial charge in [0.25, 0.3) is 0 Å². The number of aromatic nitrogens is 1. The number of nitrogens with one attached hydrogen (secondary N) is 1. The van der Waals surface area contributed by atoms with Crippen LogP contribution >= 0.6 is 0 Å². The summed E-state index contributed by atoms with van der Waals surface area (Å²) in [5.74, 6) is -0.100. The van der Waals surface area contributed by atoms with Crippen molar-refractivity contribution in [1.82, 2.24) is 10.3 Å². The first-order valence-electron chi connectivity index (χ1n) is 6.30. The zero-order valence-corrected chi connectivity index (χ0v) is 10.5. The van der Waals surface area contributed by atoms with E-state index in [-0.39, 0.29) is 5.82 Å². The highest BCUT2D eigenvalue weighted by Crippen LogP contribution is 2.21. The number of hydrogen-bond acceptors (Lipinski definition) is 5. The SMILES string of the molecule is CCN(c1ccc([N+](=O)[O-])nc1)C1CCCNC1. The summed E-state index contributed by atoms with van der Waals surface area (Å²) in [6.07, 6.45) is 3.91. The van der Waals surface area contributed by atoms with Crippen molar-refractivity contribution < 1.29 is 4.92 Å². The van der Waals surface area contributed by atoms with E-state index < -0.39 is 4.92 Å². The van der Waals surface area contributed by atoms with Gasteiger partial charge in [-0.2, -0.15) is 0 Å². The number of anilines is 1. The normalized spacial score (nSPS) is 19.5. The third kappa shape index (κ3) is 2.76. The molecule has 1 aliphatic heterocycles. The monoisotopic (exact) mass is 250 g/mol. The van der Waals surface area contributed by atoms with Gasteiger partial charge in [-0.05, 0) is 42.3 Å². The lowest BCUT2D eigenvalue weighted by atomic mass is 10.1. The third-order valence-electron chi connectivity index (χ3n) is 3.30. The van der Waals surface area contributed by atoms with Crippen molar-refractivity contribution in [3.05, 3.63) is 28.4 Å². The van der Waals surface area contributed by atoms with Gasteiger partial charge in [0.2, 0.25) is 0 Å². The van der Waals surface area contributed by atoms with E-state index in [1.807, 2.05) is 0 Å². The van der Waals surface area contributed by atoms with E-state index in [9.17, 15) is 10.1 Å². The van der Waals surface area contributed by atoms with Crippen molar-refractivity contribution >= 4 is 11.5 Å². The van der Waals surface area contributed by atoms with Crippen LogP contribution in [0.15, 0.2) is 18.3 Å².